The topological polar surface area (TPSA) is 95.1 Å². The zero-order valence-electron chi connectivity index (χ0n) is 15.8. The Bertz CT molecular complexity index is 883. The van der Waals surface area contributed by atoms with Crippen molar-refractivity contribution in [2.45, 2.75) is 44.1 Å². The number of carbonyl (C=O) groups is 2. The van der Waals surface area contributed by atoms with E-state index in [0.29, 0.717) is 31.6 Å². The summed E-state index contributed by atoms with van der Waals surface area (Å²) >= 11 is 0. The fourth-order valence-corrected chi connectivity index (χ4v) is 4.83. The summed E-state index contributed by atoms with van der Waals surface area (Å²) in [6.45, 7) is 1.88. The van der Waals surface area contributed by atoms with Crippen LogP contribution in [0, 0.1) is 5.92 Å². The van der Waals surface area contributed by atoms with Gasteiger partial charge in [0, 0.05) is 50.1 Å². The van der Waals surface area contributed by atoms with Gasteiger partial charge in [0.05, 0.1) is 23.8 Å². The molecule has 2 fully saturated rings. The van der Waals surface area contributed by atoms with E-state index in [4.69, 9.17) is 0 Å². The molecular formula is C20H24N6O2. The third-order valence-electron chi connectivity index (χ3n) is 6.64. The summed E-state index contributed by atoms with van der Waals surface area (Å²) in [5.74, 6) is 0.336. The van der Waals surface area contributed by atoms with Crippen molar-refractivity contribution in [3.05, 3.63) is 42.0 Å². The molecule has 4 heterocycles. The minimum absolute atomic E-state index is 0.0992. The van der Waals surface area contributed by atoms with Gasteiger partial charge in [0.1, 0.15) is 5.69 Å². The molecule has 0 bridgehead atoms. The van der Waals surface area contributed by atoms with Crippen molar-refractivity contribution in [2.24, 2.45) is 5.92 Å². The van der Waals surface area contributed by atoms with Crippen LogP contribution in [0.4, 0.5) is 0 Å². The molecule has 0 unspecified atom stereocenters. The zero-order valence-corrected chi connectivity index (χ0v) is 15.8. The minimum Gasteiger partial charge on any atom is -0.348 e. The van der Waals surface area contributed by atoms with Crippen molar-refractivity contribution >= 4 is 11.8 Å². The number of fused-ring (bicyclic) bond motifs is 2. The maximum absolute atomic E-state index is 13.2. The average Bonchev–Trinajstić information content (AvgIpc) is 3.18. The van der Waals surface area contributed by atoms with Gasteiger partial charge in [0.15, 0.2) is 0 Å². The smallest absolute Gasteiger partial charge is 0.274 e. The first-order valence-corrected chi connectivity index (χ1v) is 10.1. The van der Waals surface area contributed by atoms with Crippen LogP contribution in [0.1, 0.15) is 54.0 Å². The van der Waals surface area contributed by atoms with Crippen molar-refractivity contribution in [3.8, 4) is 0 Å². The number of nitrogens with one attached hydrogen (secondary N) is 1. The van der Waals surface area contributed by atoms with E-state index >= 15 is 0 Å². The number of likely N-dealkylation sites (tertiary alicyclic amines) is 1. The fourth-order valence-electron chi connectivity index (χ4n) is 4.83. The Morgan fingerprint density at radius 1 is 1.11 bits per heavy atom. The van der Waals surface area contributed by atoms with Gasteiger partial charge in [-0.1, -0.05) is 6.42 Å². The van der Waals surface area contributed by atoms with Crippen molar-refractivity contribution in [1.82, 2.24) is 29.7 Å². The van der Waals surface area contributed by atoms with Crippen LogP contribution in [0.3, 0.4) is 0 Å². The van der Waals surface area contributed by atoms with Gasteiger partial charge in [-0.25, -0.2) is 9.97 Å². The number of aromatic nitrogens is 4. The molecule has 1 N–H and O–H groups in total. The van der Waals surface area contributed by atoms with E-state index in [1.165, 1.54) is 12.4 Å². The molecule has 0 aromatic carbocycles. The summed E-state index contributed by atoms with van der Waals surface area (Å²) in [6.07, 6.45) is 11.7. The van der Waals surface area contributed by atoms with Gasteiger partial charge in [-0.2, -0.15) is 0 Å². The molecule has 28 heavy (non-hydrogen) atoms. The highest BCUT2D eigenvalue weighted by Gasteiger charge is 2.50. The van der Waals surface area contributed by atoms with E-state index in [-0.39, 0.29) is 17.7 Å². The van der Waals surface area contributed by atoms with Crippen molar-refractivity contribution in [3.63, 3.8) is 0 Å². The molecule has 8 nitrogen and oxygen atoms in total. The fraction of sp³-hybridized carbons (Fsp3) is 0.550. The predicted octanol–water partition coefficient (Wildman–Crippen LogP) is 1.52. The number of hydrogen-bond acceptors (Lipinski definition) is 5. The third-order valence-corrected chi connectivity index (χ3v) is 6.64. The highest BCUT2D eigenvalue weighted by molar-refractivity contribution is 5.92. The van der Waals surface area contributed by atoms with Gasteiger partial charge < -0.3 is 14.8 Å². The average molecular weight is 380 g/mol. The monoisotopic (exact) mass is 380 g/mol. The van der Waals surface area contributed by atoms with Crippen molar-refractivity contribution in [2.75, 3.05) is 19.6 Å². The molecule has 0 radical (unpaired) electrons. The maximum atomic E-state index is 13.2. The molecule has 2 aliphatic heterocycles. The number of aromatic amines is 1. The summed E-state index contributed by atoms with van der Waals surface area (Å²) in [5.41, 5.74) is 2.09. The van der Waals surface area contributed by atoms with E-state index < -0.39 is 5.54 Å². The zero-order chi connectivity index (χ0) is 19.1. The van der Waals surface area contributed by atoms with Gasteiger partial charge in [0.2, 0.25) is 5.91 Å². The second kappa shape index (κ2) is 6.68. The van der Waals surface area contributed by atoms with Gasteiger partial charge in [-0.3, -0.25) is 14.6 Å². The number of H-pyrrole nitrogens is 1. The van der Waals surface area contributed by atoms with Gasteiger partial charge in [-0.15, -0.1) is 0 Å². The standard InChI is InChI=1S/C20H24N6O2/c27-18(14-2-1-3-14)26-9-4-15-17(24-13-23-15)20(26)5-10-25(11-6-20)19(28)16-12-21-7-8-22-16/h7-8,12-14H,1-6,9-11H2,(H,23,24). The first-order chi connectivity index (χ1) is 13.7. The molecule has 2 aromatic heterocycles. The predicted molar refractivity (Wildman–Crippen MR) is 100 cm³/mol. The Balaban J connectivity index is 1.41. The van der Waals surface area contributed by atoms with E-state index in [0.717, 1.165) is 43.6 Å². The molecule has 1 aliphatic carbocycles. The molecule has 1 saturated carbocycles. The Morgan fingerprint density at radius 2 is 1.93 bits per heavy atom. The van der Waals surface area contributed by atoms with Crippen LogP contribution < -0.4 is 0 Å². The number of carbonyl (C=O) groups excluding carboxylic acids is 2. The lowest BCUT2D eigenvalue weighted by molar-refractivity contribution is -0.148. The van der Waals surface area contributed by atoms with Crippen LogP contribution in [0.15, 0.2) is 24.9 Å². The molecule has 8 heteroatoms. The Morgan fingerprint density at radius 3 is 2.61 bits per heavy atom. The minimum atomic E-state index is -0.403. The molecule has 1 saturated heterocycles. The van der Waals surface area contributed by atoms with E-state index in [2.05, 4.69) is 24.8 Å². The summed E-state index contributed by atoms with van der Waals surface area (Å²) in [7, 11) is 0. The number of nitrogens with zero attached hydrogens (tertiary/aromatic N) is 5. The summed E-state index contributed by atoms with van der Waals surface area (Å²) in [4.78, 5) is 45.9. The van der Waals surface area contributed by atoms with Gasteiger partial charge >= 0.3 is 0 Å². The molecule has 5 rings (SSSR count). The van der Waals surface area contributed by atoms with E-state index in [1.807, 2.05) is 4.90 Å². The van der Waals surface area contributed by atoms with Crippen molar-refractivity contribution in [1.29, 1.82) is 0 Å². The molecule has 146 valence electrons. The molecule has 1 spiro atoms. The van der Waals surface area contributed by atoms with Crippen LogP contribution in [-0.2, 0) is 16.8 Å². The first kappa shape index (κ1) is 17.3. The second-order valence-corrected chi connectivity index (χ2v) is 8.01. The van der Waals surface area contributed by atoms with Crippen LogP contribution in [-0.4, -0.2) is 61.2 Å². The number of piperidine rings is 1. The lowest BCUT2D eigenvalue weighted by Crippen LogP contribution is -2.60. The van der Waals surface area contributed by atoms with Crippen LogP contribution in [0.5, 0.6) is 0 Å². The number of imidazole rings is 1. The lowest BCUT2D eigenvalue weighted by atomic mass is 9.76. The summed E-state index contributed by atoms with van der Waals surface area (Å²) in [5, 5.41) is 0. The Hall–Kier alpha value is -2.77. The molecular weight excluding hydrogens is 356 g/mol. The van der Waals surface area contributed by atoms with E-state index in [9.17, 15) is 9.59 Å². The number of rotatable bonds is 2. The summed E-state index contributed by atoms with van der Waals surface area (Å²) in [6, 6.07) is 0. The highest BCUT2D eigenvalue weighted by Crippen LogP contribution is 2.44. The SMILES string of the molecule is O=C(c1cnccn1)N1CCC2(CC1)c1nc[nH]c1CCN2C(=O)C1CCC1. The Labute approximate surface area is 163 Å². The number of amides is 2. The molecule has 2 amide bonds. The second-order valence-electron chi connectivity index (χ2n) is 8.01. The number of hydrogen-bond donors (Lipinski definition) is 1. The quantitative estimate of drug-likeness (QED) is 0.852. The molecule has 2 aromatic rings. The third kappa shape index (κ3) is 2.62. The maximum Gasteiger partial charge on any atom is 0.274 e. The largest absolute Gasteiger partial charge is 0.348 e. The van der Waals surface area contributed by atoms with E-state index in [1.54, 1.807) is 12.5 Å². The lowest BCUT2D eigenvalue weighted by Gasteiger charge is -2.51. The van der Waals surface area contributed by atoms with Crippen LogP contribution in [0.2, 0.25) is 0 Å². The summed E-state index contributed by atoms with van der Waals surface area (Å²) < 4.78 is 0. The van der Waals surface area contributed by atoms with Crippen LogP contribution in [0.25, 0.3) is 0 Å². The van der Waals surface area contributed by atoms with Crippen LogP contribution >= 0.6 is 0 Å². The first-order valence-electron chi connectivity index (χ1n) is 10.1. The Kier molecular flexibility index (Phi) is 4.14. The van der Waals surface area contributed by atoms with Gasteiger partial charge in [-0.05, 0) is 25.7 Å². The highest BCUT2D eigenvalue weighted by atomic mass is 16.2. The van der Waals surface area contributed by atoms with Gasteiger partial charge in [0.25, 0.3) is 5.91 Å². The normalized spacial score (nSPS) is 21.3. The molecule has 3 aliphatic rings. The molecule has 0 atom stereocenters. The van der Waals surface area contributed by atoms with Crippen molar-refractivity contribution < 1.29 is 9.59 Å².